The Balaban J connectivity index is 1.87. The molecule has 0 aromatic rings. The Morgan fingerprint density at radius 2 is 1.57 bits per heavy atom. The highest BCUT2D eigenvalue weighted by molar-refractivity contribution is 5.07. The van der Waals surface area contributed by atoms with Gasteiger partial charge in [-0.1, -0.05) is 6.92 Å². The van der Waals surface area contributed by atoms with Crippen LogP contribution < -0.4 is 11.1 Å². The number of nitrogens with one attached hydrogen (secondary N) is 1. The first kappa shape index (κ1) is 9.17. The highest BCUT2D eigenvalue weighted by Crippen LogP contribution is 2.56. The monoisotopic (exact) mass is 194 g/mol. The lowest BCUT2D eigenvalue weighted by molar-refractivity contribution is -0.0701. The molecule has 80 valence electrons. The maximum absolute atomic E-state index is 6.59. The van der Waals surface area contributed by atoms with Crippen LogP contribution in [0.1, 0.15) is 39.0 Å². The van der Waals surface area contributed by atoms with Gasteiger partial charge in [0, 0.05) is 0 Å². The van der Waals surface area contributed by atoms with Crippen LogP contribution in [-0.4, -0.2) is 12.2 Å². The molecular formula is C12H22N2. The second-order valence-corrected chi connectivity index (χ2v) is 5.77. The first-order valence-electron chi connectivity index (χ1n) is 6.26. The molecule has 2 nitrogen and oxygen atoms in total. The van der Waals surface area contributed by atoms with Crippen molar-refractivity contribution in [3.05, 3.63) is 0 Å². The highest BCUT2D eigenvalue weighted by Gasteiger charge is 2.54. The van der Waals surface area contributed by atoms with Crippen LogP contribution in [0, 0.1) is 23.7 Å². The van der Waals surface area contributed by atoms with Crippen molar-refractivity contribution in [2.75, 3.05) is 6.54 Å². The van der Waals surface area contributed by atoms with Gasteiger partial charge in [-0.25, -0.2) is 0 Å². The van der Waals surface area contributed by atoms with Crippen LogP contribution in [0.2, 0.25) is 0 Å². The summed E-state index contributed by atoms with van der Waals surface area (Å²) in [4.78, 5) is 0. The molecule has 0 amide bonds. The zero-order chi connectivity index (χ0) is 9.76. The molecule has 3 N–H and O–H groups in total. The van der Waals surface area contributed by atoms with Crippen molar-refractivity contribution in [2.24, 2.45) is 29.4 Å². The van der Waals surface area contributed by atoms with E-state index >= 15 is 0 Å². The van der Waals surface area contributed by atoms with Crippen molar-refractivity contribution in [1.29, 1.82) is 0 Å². The molecule has 4 bridgehead atoms. The fourth-order valence-corrected chi connectivity index (χ4v) is 4.56. The number of hydrogen-bond acceptors (Lipinski definition) is 2. The molecule has 0 aliphatic heterocycles. The summed E-state index contributed by atoms with van der Waals surface area (Å²) < 4.78 is 0. The van der Waals surface area contributed by atoms with Crippen LogP contribution in [0.25, 0.3) is 0 Å². The van der Waals surface area contributed by atoms with Gasteiger partial charge in [0.25, 0.3) is 0 Å². The molecule has 0 radical (unpaired) electrons. The van der Waals surface area contributed by atoms with Crippen LogP contribution in [0.4, 0.5) is 0 Å². The molecule has 14 heavy (non-hydrogen) atoms. The molecule has 0 aromatic carbocycles. The van der Waals surface area contributed by atoms with E-state index in [1.807, 2.05) is 0 Å². The van der Waals surface area contributed by atoms with E-state index in [4.69, 9.17) is 5.73 Å². The largest absolute Gasteiger partial charge is 0.313 e. The van der Waals surface area contributed by atoms with Gasteiger partial charge in [0.1, 0.15) is 0 Å². The van der Waals surface area contributed by atoms with Crippen LogP contribution in [0.15, 0.2) is 0 Å². The third-order valence-corrected chi connectivity index (χ3v) is 4.97. The molecule has 4 aliphatic rings. The van der Waals surface area contributed by atoms with Crippen molar-refractivity contribution >= 4 is 0 Å². The molecule has 4 rings (SSSR count). The smallest absolute Gasteiger partial charge is 0.0720 e. The van der Waals surface area contributed by atoms with Gasteiger partial charge >= 0.3 is 0 Å². The minimum atomic E-state index is 0.00215. The number of hydrogen-bond donors (Lipinski definition) is 2. The van der Waals surface area contributed by atoms with Gasteiger partial charge in [-0.05, 0) is 62.3 Å². The Labute approximate surface area is 86.6 Å². The SMILES string of the molecule is CCNC1(N)C2CC3CC(C2)CC1C3. The Morgan fingerprint density at radius 3 is 2.00 bits per heavy atom. The predicted molar refractivity (Wildman–Crippen MR) is 57.6 cm³/mol. The summed E-state index contributed by atoms with van der Waals surface area (Å²) in [7, 11) is 0. The summed E-state index contributed by atoms with van der Waals surface area (Å²) in [5.41, 5.74) is 6.59. The third kappa shape index (κ3) is 1.10. The van der Waals surface area contributed by atoms with Crippen molar-refractivity contribution in [1.82, 2.24) is 5.32 Å². The number of rotatable bonds is 2. The average molecular weight is 194 g/mol. The van der Waals surface area contributed by atoms with E-state index in [9.17, 15) is 0 Å². The van der Waals surface area contributed by atoms with Gasteiger partial charge in [-0.15, -0.1) is 0 Å². The van der Waals surface area contributed by atoms with E-state index < -0.39 is 0 Å². The quantitative estimate of drug-likeness (QED) is 0.657. The zero-order valence-corrected chi connectivity index (χ0v) is 9.13. The molecule has 4 fully saturated rings. The van der Waals surface area contributed by atoms with Crippen LogP contribution in [0.3, 0.4) is 0 Å². The Kier molecular flexibility index (Phi) is 1.94. The molecule has 0 heterocycles. The van der Waals surface area contributed by atoms with E-state index in [0.717, 1.165) is 30.2 Å². The Morgan fingerprint density at radius 1 is 1.07 bits per heavy atom. The first-order chi connectivity index (χ1) is 6.72. The van der Waals surface area contributed by atoms with Crippen molar-refractivity contribution in [2.45, 2.75) is 44.7 Å². The molecule has 0 spiro atoms. The van der Waals surface area contributed by atoms with E-state index in [0.29, 0.717) is 0 Å². The van der Waals surface area contributed by atoms with E-state index in [2.05, 4.69) is 12.2 Å². The first-order valence-corrected chi connectivity index (χ1v) is 6.26. The fraction of sp³-hybridized carbons (Fsp3) is 1.00. The van der Waals surface area contributed by atoms with Crippen LogP contribution in [-0.2, 0) is 0 Å². The van der Waals surface area contributed by atoms with E-state index in [1.165, 1.54) is 32.1 Å². The molecule has 0 saturated heterocycles. The molecule has 0 aromatic heterocycles. The topological polar surface area (TPSA) is 38.0 Å². The van der Waals surface area contributed by atoms with E-state index in [-0.39, 0.29) is 5.66 Å². The van der Waals surface area contributed by atoms with Gasteiger partial charge in [-0.3, -0.25) is 5.32 Å². The minimum absolute atomic E-state index is 0.00215. The van der Waals surface area contributed by atoms with Gasteiger partial charge in [0.15, 0.2) is 0 Å². The lowest BCUT2D eigenvalue weighted by Crippen LogP contribution is -2.70. The van der Waals surface area contributed by atoms with Crippen molar-refractivity contribution < 1.29 is 0 Å². The summed E-state index contributed by atoms with van der Waals surface area (Å²) in [6.07, 6.45) is 7.11. The zero-order valence-electron chi connectivity index (χ0n) is 9.13. The second kappa shape index (κ2) is 2.96. The standard InChI is InChI=1S/C12H22N2/c1-2-14-12(13)10-4-8-3-9(6-10)7-11(12)5-8/h8-11,14H,2-7,13H2,1H3. The lowest BCUT2D eigenvalue weighted by atomic mass is 9.51. The van der Waals surface area contributed by atoms with E-state index in [1.54, 1.807) is 0 Å². The van der Waals surface area contributed by atoms with Gasteiger partial charge in [0.2, 0.25) is 0 Å². The maximum Gasteiger partial charge on any atom is 0.0720 e. The van der Waals surface area contributed by atoms with Crippen LogP contribution in [0.5, 0.6) is 0 Å². The number of nitrogens with two attached hydrogens (primary N) is 1. The molecular weight excluding hydrogens is 172 g/mol. The van der Waals surface area contributed by atoms with Gasteiger partial charge in [-0.2, -0.15) is 0 Å². The fourth-order valence-electron chi connectivity index (χ4n) is 4.56. The Bertz CT molecular complexity index is 208. The molecule has 0 unspecified atom stereocenters. The highest BCUT2D eigenvalue weighted by atomic mass is 15.1. The summed E-state index contributed by atoms with van der Waals surface area (Å²) >= 11 is 0. The summed E-state index contributed by atoms with van der Waals surface area (Å²) in [6.45, 7) is 3.21. The summed E-state index contributed by atoms with van der Waals surface area (Å²) in [5, 5.41) is 3.58. The molecule has 4 aliphatic carbocycles. The Hall–Kier alpha value is -0.0800. The van der Waals surface area contributed by atoms with Crippen molar-refractivity contribution in [3.8, 4) is 0 Å². The molecule has 0 atom stereocenters. The van der Waals surface area contributed by atoms with Gasteiger partial charge in [0.05, 0.1) is 5.66 Å². The molecule has 4 saturated carbocycles. The average Bonchev–Trinajstić information content (AvgIpc) is 2.14. The maximum atomic E-state index is 6.59. The van der Waals surface area contributed by atoms with Crippen molar-refractivity contribution in [3.63, 3.8) is 0 Å². The molecule has 2 heteroatoms. The third-order valence-electron chi connectivity index (χ3n) is 4.97. The second-order valence-electron chi connectivity index (χ2n) is 5.77. The lowest BCUT2D eigenvalue weighted by Gasteiger charge is -2.60. The summed E-state index contributed by atoms with van der Waals surface area (Å²) in [5.74, 6) is 3.60. The summed E-state index contributed by atoms with van der Waals surface area (Å²) in [6, 6.07) is 0. The van der Waals surface area contributed by atoms with Crippen LogP contribution >= 0.6 is 0 Å². The van der Waals surface area contributed by atoms with Gasteiger partial charge < -0.3 is 5.73 Å². The predicted octanol–water partition coefficient (Wildman–Crippen LogP) is 1.71. The minimum Gasteiger partial charge on any atom is -0.313 e. The normalized spacial score (nSPS) is 55.3.